The van der Waals surface area contributed by atoms with E-state index in [4.69, 9.17) is 23.2 Å². The van der Waals surface area contributed by atoms with Crippen LogP contribution in [-0.4, -0.2) is 38.6 Å². The number of amides is 1. The molecule has 0 saturated carbocycles. The van der Waals surface area contributed by atoms with Crippen LogP contribution in [0.5, 0.6) is 0 Å². The van der Waals surface area contributed by atoms with Gasteiger partial charge in [0.15, 0.2) is 6.54 Å². The Hall–Kier alpha value is -1.75. The van der Waals surface area contributed by atoms with Crippen LogP contribution in [0.2, 0.25) is 10.0 Å². The fourth-order valence-corrected chi connectivity index (χ4v) is 3.48. The smallest absolute Gasteiger partial charge is 0.279 e. The Bertz CT molecular complexity index is 680. The Balaban J connectivity index is 1.50. The molecule has 0 unspecified atom stereocenters. The van der Waals surface area contributed by atoms with E-state index in [1.165, 1.54) is 10.6 Å². The average Bonchev–Trinajstić information content (AvgIpc) is 2.55. The molecule has 126 valence electrons. The van der Waals surface area contributed by atoms with Crippen molar-refractivity contribution in [3.63, 3.8) is 0 Å². The highest BCUT2D eigenvalue weighted by atomic mass is 35.5. The van der Waals surface area contributed by atoms with Gasteiger partial charge in [-0.15, -0.1) is 0 Å². The summed E-state index contributed by atoms with van der Waals surface area (Å²) in [5.74, 6) is -0.0171. The molecule has 0 bridgehead atoms. The first kappa shape index (κ1) is 17.1. The van der Waals surface area contributed by atoms with Gasteiger partial charge in [-0.2, -0.15) is 0 Å². The molecule has 0 aromatic heterocycles. The predicted octanol–water partition coefficient (Wildman–Crippen LogP) is 2.34. The van der Waals surface area contributed by atoms with Crippen molar-refractivity contribution in [1.29, 1.82) is 0 Å². The number of hydrogen-bond donors (Lipinski definition) is 2. The van der Waals surface area contributed by atoms with E-state index < -0.39 is 0 Å². The van der Waals surface area contributed by atoms with Crippen LogP contribution in [0.4, 0.5) is 11.4 Å². The van der Waals surface area contributed by atoms with Crippen LogP contribution in [0.25, 0.3) is 0 Å². The maximum atomic E-state index is 12.2. The zero-order chi connectivity index (χ0) is 16.9. The Labute approximate surface area is 152 Å². The van der Waals surface area contributed by atoms with Gasteiger partial charge in [0, 0.05) is 21.4 Å². The van der Waals surface area contributed by atoms with Crippen LogP contribution in [0, 0.1) is 0 Å². The number of halogens is 2. The third-order valence-corrected chi connectivity index (χ3v) is 4.59. The van der Waals surface area contributed by atoms with E-state index in [1.807, 2.05) is 6.07 Å². The molecule has 1 aliphatic rings. The van der Waals surface area contributed by atoms with Crippen LogP contribution < -0.4 is 15.1 Å². The summed E-state index contributed by atoms with van der Waals surface area (Å²) in [4.78, 5) is 15.9. The molecule has 1 saturated heterocycles. The van der Waals surface area contributed by atoms with Gasteiger partial charge in [0.05, 0.1) is 26.2 Å². The van der Waals surface area contributed by atoms with E-state index in [0.717, 1.165) is 26.2 Å². The van der Waals surface area contributed by atoms with E-state index in [2.05, 4.69) is 34.5 Å². The monoisotopic (exact) mass is 364 g/mol. The highest BCUT2D eigenvalue weighted by Gasteiger charge is 2.22. The molecule has 6 heteroatoms. The van der Waals surface area contributed by atoms with Gasteiger partial charge in [-0.1, -0.05) is 41.4 Å². The summed E-state index contributed by atoms with van der Waals surface area (Å²) in [6, 6.07) is 15.4. The van der Waals surface area contributed by atoms with E-state index in [-0.39, 0.29) is 5.91 Å². The molecular weight excluding hydrogens is 345 g/mol. The molecule has 1 heterocycles. The Morgan fingerprint density at radius 1 is 1.04 bits per heavy atom. The number of rotatable bonds is 4. The van der Waals surface area contributed by atoms with Crippen LogP contribution in [0.1, 0.15) is 0 Å². The van der Waals surface area contributed by atoms with Gasteiger partial charge < -0.3 is 15.1 Å². The van der Waals surface area contributed by atoms with Crippen molar-refractivity contribution in [3.05, 3.63) is 58.6 Å². The van der Waals surface area contributed by atoms with Crippen molar-refractivity contribution in [3.8, 4) is 0 Å². The van der Waals surface area contributed by atoms with Gasteiger partial charge in [0.25, 0.3) is 5.91 Å². The Morgan fingerprint density at radius 2 is 1.67 bits per heavy atom. The van der Waals surface area contributed by atoms with Crippen LogP contribution in [0.3, 0.4) is 0 Å². The van der Waals surface area contributed by atoms with E-state index in [1.54, 1.807) is 18.2 Å². The second-order valence-corrected chi connectivity index (χ2v) is 6.83. The molecule has 3 rings (SSSR count). The zero-order valence-electron chi connectivity index (χ0n) is 13.3. The zero-order valence-corrected chi connectivity index (χ0v) is 14.8. The first-order valence-electron chi connectivity index (χ1n) is 8.00. The minimum Gasteiger partial charge on any atom is -0.360 e. The summed E-state index contributed by atoms with van der Waals surface area (Å²) >= 11 is 11.9. The van der Waals surface area contributed by atoms with Gasteiger partial charge in [-0.3, -0.25) is 4.79 Å². The third-order valence-electron chi connectivity index (χ3n) is 4.15. The van der Waals surface area contributed by atoms with Gasteiger partial charge in [0.1, 0.15) is 0 Å². The van der Waals surface area contributed by atoms with Crippen molar-refractivity contribution in [1.82, 2.24) is 0 Å². The lowest BCUT2D eigenvalue weighted by Crippen LogP contribution is -3.15. The van der Waals surface area contributed by atoms with Crippen LogP contribution in [0.15, 0.2) is 48.5 Å². The average molecular weight is 365 g/mol. The van der Waals surface area contributed by atoms with Crippen molar-refractivity contribution in [2.45, 2.75) is 0 Å². The second kappa shape index (κ2) is 7.88. The summed E-state index contributed by atoms with van der Waals surface area (Å²) in [6.45, 7) is 4.25. The largest absolute Gasteiger partial charge is 0.360 e. The molecule has 2 aromatic carbocycles. The van der Waals surface area contributed by atoms with Crippen molar-refractivity contribution in [2.24, 2.45) is 0 Å². The number of carbonyl (C=O) groups excluding carboxylic acids is 1. The summed E-state index contributed by atoms with van der Waals surface area (Å²) in [6.07, 6.45) is 0. The predicted molar refractivity (Wildman–Crippen MR) is 99.3 cm³/mol. The molecular formula is C18H20Cl2N3O+. The minimum absolute atomic E-state index is 0.0171. The summed E-state index contributed by atoms with van der Waals surface area (Å²) in [5.41, 5.74) is 1.88. The number of nitrogens with zero attached hydrogens (tertiary/aromatic N) is 1. The molecule has 1 fully saturated rings. The molecule has 0 spiro atoms. The maximum Gasteiger partial charge on any atom is 0.279 e. The van der Waals surface area contributed by atoms with Crippen molar-refractivity contribution in [2.75, 3.05) is 42.9 Å². The molecule has 24 heavy (non-hydrogen) atoms. The van der Waals surface area contributed by atoms with Crippen LogP contribution >= 0.6 is 23.2 Å². The summed E-state index contributed by atoms with van der Waals surface area (Å²) < 4.78 is 0. The molecule has 0 aliphatic carbocycles. The number of benzene rings is 2. The number of hydrogen-bond acceptors (Lipinski definition) is 2. The topological polar surface area (TPSA) is 36.8 Å². The number of para-hydroxylation sites is 1. The molecule has 1 aliphatic heterocycles. The lowest BCUT2D eigenvalue weighted by atomic mass is 10.2. The Kier molecular flexibility index (Phi) is 5.61. The molecule has 4 nitrogen and oxygen atoms in total. The fraction of sp³-hybridized carbons (Fsp3) is 0.278. The highest BCUT2D eigenvalue weighted by molar-refractivity contribution is 6.35. The standard InChI is InChI=1S/C18H19Cl2N3O/c19-14-10-15(20)12-16(11-14)21-18(24)13-22-6-8-23(9-7-22)17-4-2-1-3-5-17/h1-5,10-12H,6-9,13H2,(H,21,24)/p+1. The Morgan fingerprint density at radius 3 is 2.29 bits per heavy atom. The van der Waals surface area contributed by atoms with Gasteiger partial charge >= 0.3 is 0 Å². The molecule has 2 N–H and O–H groups in total. The number of anilines is 2. The second-order valence-electron chi connectivity index (χ2n) is 5.96. The van der Waals surface area contributed by atoms with E-state index in [0.29, 0.717) is 22.3 Å². The molecule has 0 radical (unpaired) electrons. The summed E-state index contributed by atoms with van der Waals surface area (Å²) in [5, 5.41) is 3.90. The summed E-state index contributed by atoms with van der Waals surface area (Å²) in [7, 11) is 0. The van der Waals surface area contributed by atoms with Crippen molar-refractivity contribution < 1.29 is 9.69 Å². The lowest BCUT2D eigenvalue weighted by Gasteiger charge is -2.33. The van der Waals surface area contributed by atoms with E-state index >= 15 is 0 Å². The number of piperazine rings is 1. The normalized spacial score (nSPS) is 15.3. The highest BCUT2D eigenvalue weighted by Crippen LogP contribution is 2.22. The van der Waals surface area contributed by atoms with E-state index in [9.17, 15) is 4.79 Å². The van der Waals surface area contributed by atoms with Crippen molar-refractivity contribution >= 4 is 40.5 Å². The number of quaternary nitrogens is 1. The third kappa shape index (κ3) is 4.63. The molecule has 2 aromatic rings. The van der Waals surface area contributed by atoms with Gasteiger partial charge in [-0.25, -0.2) is 0 Å². The van der Waals surface area contributed by atoms with Gasteiger partial charge in [0.2, 0.25) is 0 Å². The molecule has 1 amide bonds. The first-order valence-corrected chi connectivity index (χ1v) is 8.75. The van der Waals surface area contributed by atoms with Gasteiger partial charge in [-0.05, 0) is 30.3 Å². The lowest BCUT2D eigenvalue weighted by molar-refractivity contribution is -0.892. The fourth-order valence-electron chi connectivity index (χ4n) is 2.95. The molecule has 0 atom stereocenters. The SMILES string of the molecule is O=C(C[NH+]1CCN(c2ccccc2)CC1)Nc1cc(Cl)cc(Cl)c1. The number of nitrogens with one attached hydrogen (secondary N) is 2. The maximum absolute atomic E-state index is 12.2. The quantitative estimate of drug-likeness (QED) is 0.873. The first-order chi connectivity index (χ1) is 11.6. The van der Waals surface area contributed by atoms with Crippen LogP contribution in [-0.2, 0) is 4.79 Å². The number of carbonyl (C=O) groups is 1. The minimum atomic E-state index is -0.0171.